The minimum Gasteiger partial charge on any atom is -0.459 e. The fourth-order valence-electron chi connectivity index (χ4n) is 4.50. The zero-order valence-electron chi connectivity index (χ0n) is 22.2. The van der Waals surface area contributed by atoms with Gasteiger partial charge in [0, 0.05) is 47.2 Å². The lowest BCUT2D eigenvalue weighted by molar-refractivity contribution is -0.127. The first kappa shape index (κ1) is 27.9. The van der Waals surface area contributed by atoms with E-state index in [9.17, 15) is 23.7 Å². The van der Waals surface area contributed by atoms with Crippen molar-refractivity contribution >= 4 is 33.1 Å². The minimum absolute atomic E-state index is 0.0934. The second-order valence-electron chi connectivity index (χ2n) is 9.71. The van der Waals surface area contributed by atoms with Gasteiger partial charge in [-0.2, -0.15) is 4.36 Å². The third-order valence-electron chi connectivity index (χ3n) is 6.68. The molecule has 1 saturated heterocycles. The highest BCUT2D eigenvalue weighted by Gasteiger charge is 2.29. The Hall–Kier alpha value is -4.61. The van der Waals surface area contributed by atoms with Crippen LogP contribution in [0.1, 0.15) is 32.9 Å². The number of hydrogen-bond donors (Lipinski definition) is 2. The molecule has 4 aromatic rings. The van der Waals surface area contributed by atoms with Crippen molar-refractivity contribution in [3.05, 3.63) is 102 Å². The SMILES string of the molecule is Cc1ccoc1C(=O)Nc1cccc(-c2cncc(C(=O)N=[S@](=O)(CC(=O)N3CCC(O)C3)c3ccccc3)c2)c1. The summed E-state index contributed by atoms with van der Waals surface area (Å²) in [6, 6.07) is 18.5. The monoisotopic (exact) mass is 572 g/mol. The highest BCUT2D eigenvalue weighted by molar-refractivity contribution is 7.94. The molecule has 2 aromatic heterocycles. The predicted octanol–water partition coefficient (Wildman–Crippen LogP) is 4.16. The molecule has 1 fully saturated rings. The number of aliphatic hydroxyl groups excluding tert-OH is 1. The number of aliphatic hydroxyl groups is 1. The van der Waals surface area contributed by atoms with Crippen LogP contribution in [-0.2, 0) is 14.5 Å². The number of aryl methyl sites for hydroxylation is 1. The number of carbonyl (C=O) groups excluding carboxylic acids is 3. The van der Waals surface area contributed by atoms with Crippen molar-refractivity contribution in [2.24, 2.45) is 4.36 Å². The van der Waals surface area contributed by atoms with Crippen molar-refractivity contribution in [3.8, 4) is 11.1 Å². The minimum atomic E-state index is -3.47. The van der Waals surface area contributed by atoms with E-state index in [1.165, 1.54) is 17.4 Å². The van der Waals surface area contributed by atoms with Gasteiger partial charge in [-0.3, -0.25) is 19.4 Å². The molecule has 210 valence electrons. The van der Waals surface area contributed by atoms with E-state index in [0.29, 0.717) is 35.3 Å². The van der Waals surface area contributed by atoms with Crippen LogP contribution in [0.25, 0.3) is 11.1 Å². The average molecular weight is 573 g/mol. The van der Waals surface area contributed by atoms with Crippen LogP contribution in [0.4, 0.5) is 5.69 Å². The number of furan rings is 1. The van der Waals surface area contributed by atoms with Gasteiger partial charge < -0.3 is 19.7 Å². The van der Waals surface area contributed by atoms with Crippen molar-refractivity contribution in [1.29, 1.82) is 0 Å². The van der Waals surface area contributed by atoms with Gasteiger partial charge in [0.15, 0.2) is 5.76 Å². The summed E-state index contributed by atoms with van der Waals surface area (Å²) < 4.78 is 23.4. The zero-order valence-corrected chi connectivity index (χ0v) is 23.0. The van der Waals surface area contributed by atoms with Crippen molar-refractivity contribution in [2.45, 2.75) is 24.3 Å². The molecule has 1 aliphatic heterocycles. The first-order valence-corrected chi connectivity index (χ1v) is 14.6. The molecular weight excluding hydrogens is 544 g/mol. The first-order chi connectivity index (χ1) is 19.7. The standard InChI is InChI=1S/C30H28N4O6S/c1-20-11-13-40-28(20)30(38)32-24-7-5-6-21(15-24)22-14-23(17-31-16-22)29(37)33-41(39,26-8-3-2-4-9-26)19-27(36)34-12-10-25(35)18-34/h2-9,11,13-17,25,35H,10,12,18-19H2,1H3,(H,32,38)/t25?,41-/m0/s1. The topological polar surface area (TPSA) is 142 Å². The molecule has 0 radical (unpaired) electrons. The fourth-order valence-corrected chi connectivity index (χ4v) is 6.31. The van der Waals surface area contributed by atoms with Crippen molar-refractivity contribution in [1.82, 2.24) is 9.88 Å². The molecule has 5 rings (SSSR count). The van der Waals surface area contributed by atoms with Crippen LogP contribution < -0.4 is 5.32 Å². The summed E-state index contributed by atoms with van der Waals surface area (Å²) in [5, 5.41) is 12.6. The van der Waals surface area contributed by atoms with E-state index in [2.05, 4.69) is 14.7 Å². The lowest BCUT2D eigenvalue weighted by Crippen LogP contribution is -2.34. The normalized spacial score (nSPS) is 16.1. The molecule has 0 spiro atoms. The number of hydrogen-bond acceptors (Lipinski definition) is 7. The number of likely N-dealkylation sites (tertiary alicyclic amines) is 1. The maximum Gasteiger partial charge on any atom is 0.291 e. The van der Waals surface area contributed by atoms with Crippen molar-refractivity contribution in [3.63, 3.8) is 0 Å². The van der Waals surface area contributed by atoms with Crippen molar-refractivity contribution < 1.29 is 28.1 Å². The van der Waals surface area contributed by atoms with Crippen LogP contribution in [-0.4, -0.2) is 61.9 Å². The molecule has 3 amide bonds. The summed E-state index contributed by atoms with van der Waals surface area (Å²) in [6.45, 7) is 2.28. The van der Waals surface area contributed by atoms with Gasteiger partial charge in [-0.05, 0) is 55.3 Å². The van der Waals surface area contributed by atoms with Crippen LogP contribution in [0, 0.1) is 6.92 Å². The summed E-state index contributed by atoms with van der Waals surface area (Å²) in [5.41, 5.74) is 2.57. The molecule has 11 heteroatoms. The maximum absolute atomic E-state index is 14.1. The molecule has 2 atom stereocenters. The van der Waals surface area contributed by atoms with E-state index in [0.717, 1.165) is 0 Å². The number of carbonyl (C=O) groups is 3. The number of amides is 3. The Labute approximate surface area is 237 Å². The molecule has 10 nitrogen and oxygen atoms in total. The Kier molecular flexibility index (Phi) is 8.09. The Bertz CT molecular complexity index is 1730. The maximum atomic E-state index is 14.1. The second-order valence-corrected chi connectivity index (χ2v) is 11.9. The van der Waals surface area contributed by atoms with Crippen LogP contribution in [0.2, 0.25) is 0 Å². The van der Waals surface area contributed by atoms with E-state index in [1.54, 1.807) is 79.9 Å². The Morgan fingerprint density at radius 1 is 1.07 bits per heavy atom. The Morgan fingerprint density at radius 3 is 2.59 bits per heavy atom. The van der Waals surface area contributed by atoms with E-state index in [-0.39, 0.29) is 28.7 Å². The van der Waals surface area contributed by atoms with E-state index in [4.69, 9.17) is 4.42 Å². The van der Waals surface area contributed by atoms with Crippen molar-refractivity contribution in [2.75, 3.05) is 24.2 Å². The highest BCUT2D eigenvalue weighted by Crippen LogP contribution is 2.25. The first-order valence-electron chi connectivity index (χ1n) is 12.9. The van der Waals surface area contributed by atoms with E-state index >= 15 is 0 Å². The van der Waals surface area contributed by atoms with Gasteiger partial charge in [-0.1, -0.05) is 30.3 Å². The van der Waals surface area contributed by atoms with E-state index < -0.39 is 33.4 Å². The molecule has 2 N–H and O–H groups in total. The number of anilines is 1. The smallest absolute Gasteiger partial charge is 0.291 e. The second kappa shape index (κ2) is 11.9. The molecule has 41 heavy (non-hydrogen) atoms. The molecule has 0 bridgehead atoms. The largest absolute Gasteiger partial charge is 0.459 e. The number of rotatable bonds is 7. The Morgan fingerprint density at radius 2 is 1.88 bits per heavy atom. The van der Waals surface area contributed by atoms with Crippen LogP contribution in [0.5, 0.6) is 0 Å². The van der Waals surface area contributed by atoms with E-state index in [1.807, 2.05) is 0 Å². The summed E-state index contributed by atoms with van der Waals surface area (Å²) in [4.78, 5) is 44.7. The van der Waals surface area contributed by atoms with Crippen LogP contribution in [0.15, 0.2) is 99.1 Å². The predicted molar refractivity (Wildman–Crippen MR) is 153 cm³/mol. The number of nitrogens with one attached hydrogen (secondary N) is 1. The highest BCUT2D eigenvalue weighted by atomic mass is 32.2. The lowest BCUT2D eigenvalue weighted by atomic mass is 10.1. The quantitative estimate of drug-likeness (QED) is 0.339. The van der Waals surface area contributed by atoms with Gasteiger partial charge in [0.1, 0.15) is 5.75 Å². The zero-order chi connectivity index (χ0) is 29.0. The third kappa shape index (κ3) is 6.42. The van der Waals surface area contributed by atoms with Gasteiger partial charge in [-0.15, -0.1) is 0 Å². The lowest BCUT2D eigenvalue weighted by Gasteiger charge is -2.17. The molecule has 2 aromatic carbocycles. The molecular formula is C30H28N4O6S. The Balaban J connectivity index is 1.42. The van der Waals surface area contributed by atoms with Gasteiger partial charge in [0.25, 0.3) is 11.8 Å². The van der Waals surface area contributed by atoms with Gasteiger partial charge in [0.05, 0.1) is 27.7 Å². The number of β-amino-alcohol motifs (C(OH)–C–C–N with tert-alkyl or cyclic N) is 1. The number of pyridine rings is 1. The molecule has 1 unspecified atom stereocenters. The van der Waals surface area contributed by atoms with Crippen LogP contribution in [0.3, 0.4) is 0 Å². The summed E-state index contributed by atoms with van der Waals surface area (Å²) in [6.07, 6.45) is 4.15. The molecule has 0 aliphatic carbocycles. The van der Waals surface area contributed by atoms with Gasteiger partial charge in [-0.25, -0.2) is 4.21 Å². The summed E-state index contributed by atoms with van der Waals surface area (Å²) in [7, 11) is -3.47. The molecule has 0 saturated carbocycles. The average Bonchev–Trinajstić information content (AvgIpc) is 3.61. The molecule has 3 heterocycles. The van der Waals surface area contributed by atoms with Gasteiger partial charge >= 0.3 is 0 Å². The van der Waals surface area contributed by atoms with Gasteiger partial charge in [0.2, 0.25) is 5.91 Å². The number of benzene rings is 2. The summed E-state index contributed by atoms with van der Waals surface area (Å²) >= 11 is 0. The number of aromatic nitrogens is 1. The fraction of sp³-hybridized carbons (Fsp3) is 0.200. The summed E-state index contributed by atoms with van der Waals surface area (Å²) in [5.74, 6) is -1.88. The molecule has 1 aliphatic rings. The number of nitrogens with zero attached hydrogens (tertiary/aromatic N) is 3. The third-order valence-corrected chi connectivity index (χ3v) is 8.79. The van der Waals surface area contributed by atoms with Crippen LogP contribution >= 0.6 is 0 Å².